The van der Waals surface area contributed by atoms with E-state index >= 15 is 0 Å². The lowest BCUT2D eigenvalue weighted by molar-refractivity contribution is -0.145. The molecule has 0 fully saturated rings. The van der Waals surface area contributed by atoms with Crippen molar-refractivity contribution in [1.29, 1.82) is 0 Å². The molecule has 1 amide bonds. The Morgan fingerprint density at radius 3 is 2.75 bits per heavy atom. The summed E-state index contributed by atoms with van der Waals surface area (Å²) in [5.41, 5.74) is -1.19. The van der Waals surface area contributed by atoms with Crippen LogP contribution in [0.25, 0.3) is 0 Å². The van der Waals surface area contributed by atoms with Crippen molar-refractivity contribution in [3.63, 3.8) is 0 Å². The van der Waals surface area contributed by atoms with Crippen molar-refractivity contribution >= 4 is 11.9 Å². The van der Waals surface area contributed by atoms with E-state index in [0.29, 0.717) is 0 Å². The summed E-state index contributed by atoms with van der Waals surface area (Å²) in [5, 5.41) is 11.4. The first-order chi connectivity index (χ1) is 7.49. The zero-order chi connectivity index (χ0) is 12.2. The average Bonchev–Trinajstić information content (AvgIpc) is 2.70. The molecule has 1 rings (SSSR count). The number of carboxylic acids is 1. The third-order valence-electron chi connectivity index (χ3n) is 2.08. The van der Waals surface area contributed by atoms with Gasteiger partial charge in [0.2, 0.25) is 0 Å². The second-order valence-electron chi connectivity index (χ2n) is 3.54. The number of amides is 1. The number of furan rings is 1. The average molecular weight is 227 g/mol. The minimum atomic E-state index is -1.46. The molecule has 1 aromatic rings. The maximum atomic E-state index is 11.6. The zero-order valence-corrected chi connectivity index (χ0v) is 9.02. The minimum absolute atomic E-state index is 0.119. The van der Waals surface area contributed by atoms with E-state index in [1.807, 2.05) is 0 Å². The highest BCUT2D eigenvalue weighted by molar-refractivity contribution is 5.97. The molecule has 0 aromatic carbocycles. The van der Waals surface area contributed by atoms with Crippen LogP contribution in [0.4, 0.5) is 0 Å². The molecule has 0 spiro atoms. The molecule has 0 aliphatic rings. The number of hydrogen-bond acceptors (Lipinski definition) is 4. The standard InChI is InChI=1S/C10H13NO5/c1-10(6-15-2,9(13)14)11-8(12)7-3-4-16-5-7/h3-5H,6H2,1-2H3,(H,11,12)(H,13,14). The summed E-state index contributed by atoms with van der Waals surface area (Å²) < 4.78 is 9.50. The van der Waals surface area contributed by atoms with Crippen LogP contribution in [0, 0.1) is 0 Å². The van der Waals surface area contributed by atoms with Gasteiger partial charge in [-0.1, -0.05) is 0 Å². The van der Waals surface area contributed by atoms with Crippen molar-refractivity contribution in [2.24, 2.45) is 0 Å². The normalized spacial score (nSPS) is 14.1. The molecule has 1 unspecified atom stereocenters. The van der Waals surface area contributed by atoms with Crippen LogP contribution in [0.15, 0.2) is 23.0 Å². The highest BCUT2D eigenvalue weighted by Gasteiger charge is 2.35. The van der Waals surface area contributed by atoms with E-state index in [9.17, 15) is 9.59 Å². The van der Waals surface area contributed by atoms with Gasteiger partial charge in [0.25, 0.3) is 5.91 Å². The van der Waals surface area contributed by atoms with Crippen molar-refractivity contribution in [3.8, 4) is 0 Å². The maximum absolute atomic E-state index is 11.6. The van der Waals surface area contributed by atoms with Gasteiger partial charge in [0.1, 0.15) is 6.26 Å². The van der Waals surface area contributed by atoms with E-state index in [1.165, 1.54) is 32.6 Å². The topological polar surface area (TPSA) is 88.8 Å². The molecular formula is C10H13NO5. The summed E-state index contributed by atoms with van der Waals surface area (Å²) >= 11 is 0. The Hall–Kier alpha value is -1.82. The molecule has 6 heteroatoms. The van der Waals surface area contributed by atoms with Gasteiger partial charge < -0.3 is 19.6 Å². The summed E-state index contributed by atoms with van der Waals surface area (Å²) in [6, 6.07) is 1.45. The molecule has 16 heavy (non-hydrogen) atoms. The highest BCUT2D eigenvalue weighted by atomic mass is 16.5. The van der Waals surface area contributed by atoms with Crippen molar-refractivity contribution in [2.75, 3.05) is 13.7 Å². The van der Waals surface area contributed by atoms with Crippen molar-refractivity contribution in [3.05, 3.63) is 24.2 Å². The molecule has 0 bridgehead atoms. The predicted molar refractivity (Wildman–Crippen MR) is 54.1 cm³/mol. The van der Waals surface area contributed by atoms with E-state index < -0.39 is 17.4 Å². The van der Waals surface area contributed by atoms with Crippen LogP contribution in [-0.4, -0.2) is 36.2 Å². The maximum Gasteiger partial charge on any atom is 0.331 e. The van der Waals surface area contributed by atoms with Crippen LogP contribution in [0.1, 0.15) is 17.3 Å². The Morgan fingerprint density at radius 1 is 1.62 bits per heavy atom. The SMILES string of the molecule is COCC(C)(NC(=O)c1ccoc1)C(=O)O. The summed E-state index contributed by atoms with van der Waals surface area (Å²) in [5.74, 6) is -1.68. The first kappa shape index (κ1) is 12.3. The molecule has 0 aliphatic heterocycles. The monoisotopic (exact) mass is 227 g/mol. The van der Waals surface area contributed by atoms with Gasteiger partial charge >= 0.3 is 5.97 Å². The lowest BCUT2D eigenvalue weighted by Gasteiger charge is -2.24. The number of carbonyl (C=O) groups excluding carboxylic acids is 1. The van der Waals surface area contributed by atoms with Crippen LogP contribution >= 0.6 is 0 Å². The quantitative estimate of drug-likeness (QED) is 0.764. The fourth-order valence-corrected chi connectivity index (χ4v) is 1.16. The lowest BCUT2D eigenvalue weighted by Crippen LogP contribution is -2.55. The molecule has 2 N–H and O–H groups in total. The molecule has 1 atom stereocenters. The number of carbonyl (C=O) groups is 2. The Balaban J connectivity index is 2.77. The van der Waals surface area contributed by atoms with Gasteiger partial charge in [-0.15, -0.1) is 0 Å². The number of methoxy groups -OCH3 is 1. The minimum Gasteiger partial charge on any atom is -0.479 e. The number of hydrogen-bond donors (Lipinski definition) is 2. The Morgan fingerprint density at radius 2 is 2.31 bits per heavy atom. The first-order valence-corrected chi connectivity index (χ1v) is 4.56. The Labute approximate surface area is 92.2 Å². The number of aliphatic carboxylic acids is 1. The molecule has 0 radical (unpaired) electrons. The van der Waals surface area contributed by atoms with Gasteiger partial charge in [0, 0.05) is 7.11 Å². The number of ether oxygens (including phenoxy) is 1. The molecular weight excluding hydrogens is 214 g/mol. The molecule has 0 saturated carbocycles. The van der Waals surface area contributed by atoms with Gasteiger partial charge in [-0.05, 0) is 13.0 Å². The van der Waals surface area contributed by atoms with Crippen LogP contribution in [0.5, 0.6) is 0 Å². The molecule has 88 valence electrons. The smallest absolute Gasteiger partial charge is 0.331 e. The van der Waals surface area contributed by atoms with E-state index in [4.69, 9.17) is 14.3 Å². The fourth-order valence-electron chi connectivity index (χ4n) is 1.16. The van der Waals surface area contributed by atoms with Crippen LogP contribution in [0.3, 0.4) is 0 Å². The molecule has 1 aromatic heterocycles. The van der Waals surface area contributed by atoms with E-state index in [2.05, 4.69) is 5.32 Å². The molecule has 6 nitrogen and oxygen atoms in total. The number of nitrogens with one attached hydrogen (secondary N) is 1. The third kappa shape index (κ3) is 2.60. The van der Waals surface area contributed by atoms with Gasteiger partial charge in [0.05, 0.1) is 18.4 Å². The Bertz CT molecular complexity index is 373. The summed E-state index contributed by atoms with van der Waals surface area (Å²) in [6.45, 7) is 1.25. The predicted octanol–water partition coefficient (Wildman–Crippen LogP) is 0.499. The Kier molecular flexibility index (Phi) is 3.68. The largest absolute Gasteiger partial charge is 0.479 e. The second kappa shape index (κ2) is 4.80. The fraction of sp³-hybridized carbons (Fsp3) is 0.400. The lowest BCUT2D eigenvalue weighted by atomic mass is 10.0. The van der Waals surface area contributed by atoms with Gasteiger partial charge in [0.15, 0.2) is 5.54 Å². The van der Waals surface area contributed by atoms with Crippen LogP contribution in [0.2, 0.25) is 0 Å². The van der Waals surface area contributed by atoms with Crippen LogP contribution < -0.4 is 5.32 Å². The number of carboxylic acid groups (broad SMARTS) is 1. The van der Waals surface area contributed by atoms with Gasteiger partial charge in [-0.25, -0.2) is 4.79 Å². The zero-order valence-electron chi connectivity index (χ0n) is 9.02. The first-order valence-electron chi connectivity index (χ1n) is 4.56. The van der Waals surface area contributed by atoms with Gasteiger partial charge in [-0.2, -0.15) is 0 Å². The molecule has 1 heterocycles. The summed E-state index contributed by atoms with van der Waals surface area (Å²) in [4.78, 5) is 22.6. The van der Waals surface area contributed by atoms with Crippen molar-refractivity contribution < 1.29 is 23.8 Å². The number of rotatable bonds is 5. The van der Waals surface area contributed by atoms with E-state index in [1.54, 1.807) is 0 Å². The van der Waals surface area contributed by atoms with Crippen LogP contribution in [-0.2, 0) is 9.53 Å². The van der Waals surface area contributed by atoms with E-state index in [-0.39, 0.29) is 12.2 Å². The second-order valence-corrected chi connectivity index (χ2v) is 3.54. The highest BCUT2D eigenvalue weighted by Crippen LogP contribution is 2.08. The van der Waals surface area contributed by atoms with Crippen molar-refractivity contribution in [1.82, 2.24) is 5.32 Å². The summed E-state index contributed by atoms with van der Waals surface area (Å²) in [6.07, 6.45) is 2.58. The summed E-state index contributed by atoms with van der Waals surface area (Å²) in [7, 11) is 1.37. The van der Waals surface area contributed by atoms with E-state index in [0.717, 1.165) is 0 Å². The molecule has 0 aliphatic carbocycles. The van der Waals surface area contributed by atoms with Gasteiger partial charge in [-0.3, -0.25) is 4.79 Å². The molecule has 0 saturated heterocycles. The van der Waals surface area contributed by atoms with Crippen molar-refractivity contribution in [2.45, 2.75) is 12.5 Å². The third-order valence-corrected chi connectivity index (χ3v) is 2.08.